The number of carbonyl (C=O) groups is 1. The normalized spacial score (nSPS) is 10.1. The van der Waals surface area contributed by atoms with Gasteiger partial charge < -0.3 is 10.2 Å². The van der Waals surface area contributed by atoms with Gasteiger partial charge in [-0.1, -0.05) is 47.7 Å². The topological polar surface area (TPSA) is 45.2 Å². The van der Waals surface area contributed by atoms with Crippen LogP contribution in [0, 0.1) is 18.6 Å². The van der Waals surface area contributed by atoms with E-state index < -0.39 is 11.6 Å². The summed E-state index contributed by atoms with van der Waals surface area (Å²) >= 11 is 5.01. The van der Waals surface area contributed by atoms with Crippen LogP contribution in [0.25, 0.3) is 0 Å². The van der Waals surface area contributed by atoms with E-state index in [2.05, 4.69) is 27.8 Å². The van der Waals surface area contributed by atoms with Crippen LogP contribution in [-0.4, -0.2) is 24.2 Å². The summed E-state index contributed by atoms with van der Waals surface area (Å²) in [6.45, 7) is 3.09. The summed E-state index contributed by atoms with van der Waals surface area (Å²) < 4.78 is 26.6. The summed E-state index contributed by atoms with van der Waals surface area (Å²) in [7, 11) is 0. The maximum Gasteiger partial charge on any atom is 0.212 e. The maximum atomic E-state index is 13.5. The Hall–Kier alpha value is -2.45. The fraction of sp³-hybridized carbons (Fsp3) is 0.238. The zero-order chi connectivity index (χ0) is 21.2. The van der Waals surface area contributed by atoms with E-state index >= 15 is 0 Å². The Balaban J connectivity index is 0.00000145. The van der Waals surface area contributed by atoms with Gasteiger partial charge in [0.25, 0.3) is 0 Å². The Labute approximate surface area is 179 Å². The number of nitrogens with one attached hydrogen (secondary N) is 1. The number of aryl methyl sites for hydroxylation is 1. The molecule has 0 aliphatic rings. The first-order valence-electron chi connectivity index (χ1n) is 8.92. The number of nitrogens with zero attached hydrogens (tertiary/aromatic N) is 2. The second-order valence-corrected chi connectivity index (χ2v) is 7.25. The Kier molecular flexibility index (Phi) is 9.08. The lowest BCUT2D eigenvalue weighted by molar-refractivity contribution is -0.105. The molecule has 0 unspecified atom stereocenters. The van der Waals surface area contributed by atoms with Gasteiger partial charge in [-0.15, -0.1) is 0 Å². The molecule has 8 heteroatoms. The highest BCUT2D eigenvalue weighted by molar-refractivity contribution is 7.79. The minimum Gasteiger partial charge on any atom is -0.343 e. The second kappa shape index (κ2) is 11.5. The summed E-state index contributed by atoms with van der Waals surface area (Å²) in [6.07, 6.45) is 2.84. The zero-order valence-corrected chi connectivity index (χ0v) is 17.9. The lowest BCUT2D eigenvalue weighted by Crippen LogP contribution is -2.25. The van der Waals surface area contributed by atoms with Crippen molar-refractivity contribution >= 4 is 41.3 Å². The second-order valence-electron chi connectivity index (χ2n) is 6.07. The molecule has 0 aliphatic heterocycles. The van der Waals surface area contributed by atoms with Gasteiger partial charge >= 0.3 is 0 Å². The van der Waals surface area contributed by atoms with Crippen LogP contribution in [0.5, 0.6) is 0 Å². The highest BCUT2D eigenvalue weighted by Gasteiger charge is 2.15. The molecule has 0 aliphatic carbocycles. The van der Waals surface area contributed by atoms with Gasteiger partial charge in [0.1, 0.15) is 5.82 Å². The van der Waals surface area contributed by atoms with Crippen molar-refractivity contribution in [3.63, 3.8) is 0 Å². The molecule has 0 saturated heterocycles. The van der Waals surface area contributed by atoms with Crippen molar-refractivity contribution in [3.05, 3.63) is 76.2 Å². The Morgan fingerprint density at radius 1 is 1.10 bits per heavy atom. The number of amides is 1. The molecule has 4 nitrogen and oxygen atoms in total. The molecule has 1 heterocycles. The number of anilines is 2. The van der Waals surface area contributed by atoms with Crippen LogP contribution in [0.3, 0.4) is 0 Å². The minimum atomic E-state index is -0.847. The van der Waals surface area contributed by atoms with Gasteiger partial charge in [0.15, 0.2) is 16.8 Å². The van der Waals surface area contributed by atoms with E-state index in [4.69, 9.17) is 0 Å². The molecule has 0 atom stereocenters. The van der Waals surface area contributed by atoms with Gasteiger partial charge in [-0.2, -0.15) is 12.6 Å². The van der Waals surface area contributed by atoms with E-state index in [1.165, 1.54) is 17.4 Å². The Bertz CT molecular complexity index is 920. The number of aromatic nitrogens is 1. The van der Waals surface area contributed by atoms with Gasteiger partial charge in [-0.25, -0.2) is 13.8 Å². The predicted molar refractivity (Wildman–Crippen MR) is 119 cm³/mol. The molecule has 1 amide bonds. The fourth-order valence-electron chi connectivity index (χ4n) is 2.71. The van der Waals surface area contributed by atoms with Crippen molar-refractivity contribution in [2.45, 2.75) is 19.9 Å². The number of hydrogen-bond acceptors (Lipinski definition) is 5. The molecule has 1 aromatic heterocycles. The van der Waals surface area contributed by atoms with Gasteiger partial charge in [-0.05, 0) is 42.9 Å². The Morgan fingerprint density at radius 2 is 1.83 bits per heavy atom. The van der Waals surface area contributed by atoms with Crippen LogP contribution in [0.1, 0.15) is 16.0 Å². The number of thiazole rings is 1. The van der Waals surface area contributed by atoms with E-state index in [-0.39, 0.29) is 0 Å². The molecule has 3 rings (SSSR count). The van der Waals surface area contributed by atoms with E-state index in [0.29, 0.717) is 37.3 Å². The molecule has 3 aromatic rings. The summed E-state index contributed by atoms with van der Waals surface area (Å²) in [5, 5.41) is 3.37. The van der Waals surface area contributed by atoms with Gasteiger partial charge in [0.05, 0.1) is 0 Å². The molecule has 0 fully saturated rings. The number of benzene rings is 2. The summed E-state index contributed by atoms with van der Waals surface area (Å²) in [5.41, 5.74) is 1.83. The third-order valence-electron chi connectivity index (χ3n) is 4.12. The average molecular weight is 436 g/mol. The highest BCUT2D eigenvalue weighted by Crippen LogP contribution is 2.30. The summed E-state index contributed by atoms with van der Waals surface area (Å²) in [4.78, 5) is 18.2. The number of hydrogen-bond donors (Lipinski definition) is 2. The smallest absolute Gasteiger partial charge is 0.212 e. The van der Waals surface area contributed by atoms with Crippen molar-refractivity contribution in [2.75, 3.05) is 23.0 Å². The van der Waals surface area contributed by atoms with Gasteiger partial charge in [-0.3, -0.25) is 4.79 Å². The first-order chi connectivity index (χ1) is 14.1. The monoisotopic (exact) mass is 435 g/mol. The average Bonchev–Trinajstić information content (AvgIpc) is 3.10. The quantitative estimate of drug-likeness (QED) is 0.383. The van der Waals surface area contributed by atoms with E-state index in [9.17, 15) is 13.6 Å². The summed E-state index contributed by atoms with van der Waals surface area (Å²) in [5.74, 6) is -1.15. The van der Waals surface area contributed by atoms with E-state index in [0.717, 1.165) is 21.6 Å². The number of halogens is 2. The molecule has 1 N–H and O–H groups in total. The van der Waals surface area contributed by atoms with Crippen molar-refractivity contribution in [2.24, 2.45) is 0 Å². The highest BCUT2D eigenvalue weighted by atomic mass is 32.1. The number of carbonyl (C=O) groups excluding carboxylic acids is 1. The van der Waals surface area contributed by atoms with E-state index in [1.54, 1.807) is 12.3 Å². The van der Waals surface area contributed by atoms with Crippen LogP contribution in [0.4, 0.5) is 19.7 Å². The molecule has 2 aromatic carbocycles. The largest absolute Gasteiger partial charge is 0.343 e. The van der Waals surface area contributed by atoms with Crippen LogP contribution >= 0.6 is 24.0 Å². The lowest BCUT2D eigenvalue weighted by Gasteiger charge is -2.22. The predicted octanol–water partition coefficient (Wildman–Crippen LogP) is 5.09. The van der Waals surface area contributed by atoms with Crippen LogP contribution < -0.4 is 10.2 Å². The summed E-state index contributed by atoms with van der Waals surface area (Å²) in [6, 6.07) is 13.9. The van der Waals surface area contributed by atoms with Crippen LogP contribution in [-0.2, 0) is 17.8 Å². The van der Waals surface area contributed by atoms with Gasteiger partial charge in [0.2, 0.25) is 6.41 Å². The number of rotatable bonds is 8. The zero-order valence-electron chi connectivity index (χ0n) is 16.2. The molecular weight excluding hydrogens is 412 g/mol. The molecule has 0 radical (unpaired) electrons. The first-order valence-corrected chi connectivity index (χ1v) is 10.6. The SMILES string of the molecule is CS.Cc1sc(N(CCc2ccc(F)c(F)c2)Cc2ccccc2)nc1NC=O. The molecular formula is C21H23F2N3OS2. The molecule has 0 bridgehead atoms. The van der Waals surface area contributed by atoms with Gasteiger partial charge in [0, 0.05) is 18.0 Å². The third kappa shape index (κ3) is 6.54. The standard InChI is InChI=1S/C20H19F2N3OS.CH4S/c1-14-19(23-13-26)24-20(27-14)25(12-16-5-3-2-4-6-16)10-9-15-7-8-17(21)18(22)11-15;1-2/h2-8,11,13H,9-10,12H2,1H3,(H,23,26);2H,1H3. The van der Waals surface area contributed by atoms with Crippen molar-refractivity contribution in [3.8, 4) is 0 Å². The molecule has 154 valence electrons. The number of thiol groups is 1. The van der Waals surface area contributed by atoms with Crippen molar-refractivity contribution in [1.82, 2.24) is 4.98 Å². The maximum absolute atomic E-state index is 13.5. The minimum absolute atomic E-state index is 0.538. The van der Waals surface area contributed by atoms with Crippen LogP contribution in [0.15, 0.2) is 48.5 Å². The Morgan fingerprint density at radius 3 is 2.48 bits per heavy atom. The van der Waals surface area contributed by atoms with Crippen molar-refractivity contribution < 1.29 is 13.6 Å². The lowest BCUT2D eigenvalue weighted by atomic mass is 10.1. The van der Waals surface area contributed by atoms with E-state index in [1.807, 2.05) is 37.3 Å². The van der Waals surface area contributed by atoms with Crippen LogP contribution in [0.2, 0.25) is 0 Å². The molecule has 0 spiro atoms. The van der Waals surface area contributed by atoms with Crippen molar-refractivity contribution in [1.29, 1.82) is 0 Å². The third-order valence-corrected chi connectivity index (χ3v) is 5.15. The molecule has 29 heavy (non-hydrogen) atoms. The first kappa shape index (κ1) is 22.8. The fourth-order valence-corrected chi connectivity index (χ4v) is 3.61. The molecule has 0 saturated carbocycles.